The average molecular weight is 277 g/mol. The molecule has 0 saturated carbocycles. The van der Waals surface area contributed by atoms with E-state index in [4.69, 9.17) is 4.74 Å². The summed E-state index contributed by atoms with van der Waals surface area (Å²) in [7, 11) is 0. The van der Waals surface area contributed by atoms with E-state index in [1.807, 2.05) is 6.92 Å². The smallest absolute Gasteiger partial charge is 0.224 e. The molecule has 2 heterocycles. The number of halogens is 1. The summed E-state index contributed by atoms with van der Waals surface area (Å²) in [6, 6.07) is 2.83. The lowest BCUT2D eigenvalue weighted by atomic mass is 9.90. The topological polar surface area (TPSA) is 55.4 Å². The first kappa shape index (κ1) is 13.2. The molecule has 106 valence electrons. The largest absolute Gasteiger partial charge is 0.378 e. The molecule has 2 atom stereocenters. The molecule has 0 aliphatic carbocycles. The van der Waals surface area contributed by atoms with Crippen LogP contribution in [0.3, 0.4) is 0 Å². The summed E-state index contributed by atoms with van der Waals surface area (Å²) in [6.07, 6.45) is 1.37. The summed E-state index contributed by atoms with van der Waals surface area (Å²) in [6.45, 7) is 2.38. The molecule has 2 aliphatic heterocycles. The Morgan fingerprint density at radius 2 is 2.20 bits per heavy atom. The van der Waals surface area contributed by atoms with Gasteiger partial charge in [-0.05, 0) is 37.5 Å². The number of Topliss-reactive ketones (excluding diaryl/α,β-unsaturated/α-hetero) is 1. The van der Waals surface area contributed by atoms with E-state index in [1.165, 1.54) is 6.07 Å². The molecule has 1 N–H and O–H groups in total. The maximum atomic E-state index is 14.1. The van der Waals surface area contributed by atoms with Gasteiger partial charge in [0, 0.05) is 18.7 Å². The van der Waals surface area contributed by atoms with Gasteiger partial charge in [0.05, 0.1) is 17.6 Å². The number of carbonyl (C=O) groups excluding carboxylic acids is 2. The third kappa shape index (κ3) is 2.22. The third-order valence-corrected chi connectivity index (χ3v) is 4.07. The summed E-state index contributed by atoms with van der Waals surface area (Å²) in [5.41, 5.74) is 1.41. The number of nitrogens with one attached hydrogen (secondary N) is 1. The van der Waals surface area contributed by atoms with Gasteiger partial charge in [-0.2, -0.15) is 0 Å². The predicted octanol–water partition coefficient (Wildman–Crippen LogP) is 2.32. The number of ether oxygens (including phenoxy) is 1. The number of hydrogen-bond donors (Lipinski definition) is 1. The van der Waals surface area contributed by atoms with Crippen LogP contribution in [0.4, 0.5) is 10.1 Å². The van der Waals surface area contributed by atoms with Crippen molar-refractivity contribution in [1.82, 2.24) is 0 Å². The third-order valence-electron chi connectivity index (χ3n) is 4.07. The summed E-state index contributed by atoms with van der Waals surface area (Å²) in [5.74, 6) is -1.17. The molecule has 2 aliphatic rings. The van der Waals surface area contributed by atoms with Crippen LogP contribution in [0, 0.1) is 11.7 Å². The van der Waals surface area contributed by atoms with E-state index < -0.39 is 5.82 Å². The Balaban J connectivity index is 1.94. The quantitative estimate of drug-likeness (QED) is 0.844. The van der Waals surface area contributed by atoms with Gasteiger partial charge in [-0.25, -0.2) is 4.39 Å². The zero-order chi connectivity index (χ0) is 14.3. The van der Waals surface area contributed by atoms with Crippen LogP contribution in [0.15, 0.2) is 12.1 Å². The Kier molecular flexibility index (Phi) is 3.30. The minimum absolute atomic E-state index is 0.113. The van der Waals surface area contributed by atoms with Gasteiger partial charge in [-0.1, -0.05) is 0 Å². The van der Waals surface area contributed by atoms with Crippen LogP contribution in [0.25, 0.3) is 0 Å². The lowest BCUT2D eigenvalue weighted by Gasteiger charge is -2.19. The van der Waals surface area contributed by atoms with Gasteiger partial charge in [0.1, 0.15) is 5.82 Å². The van der Waals surface area contributed by atoms with Crippen LogP contribution < -0.4 is 5.32 Å². The summed E-state index contributed by atoms with van der Waals surface area (Å²) in [4.78, 5) is 23.7. The summed E-state index contributed by atoms with van der Waals surface area (Å²) < 4.78 is 19.5. The van der Waals surface area contributed by atoms with Crippen molar-refractivity contribution in [3.8, 4) is 0 Å². The van der Waals surface area contributed by atoms with E-state index in [1.54, 1.807) is 6.07 Å². The first-order chi connectivity index (χ1) is 9.56. The van der Waals surface area contributed by atoms with E-state index in [0.717, 1.165) is 5.56 Å². The first-order valence-corrected chi connectivity index (χ1v) is 6.84. The van der Waals surface area contributed by atoms with E-state index in [-0.39, 0.29) is 29.3 Å². The number of anilines is 1. The molecule has 0 radical (unpaired) electrons. The lowest BCUT2D eigenvalue weighted by molar-refractivity contribution is -0.116. The average Bonchev–Trinajstić information content (AvgIpc) is 2.83. The van der Waals surface area contributed by atoms with Gasteiger partial charge in [-0.3, -0.25) is 9.59 Å². The number of hydrogen-bond acceptors (Lipinski definition) is 3. The minimum atomic E-state index is -0.574. The SMILES string of the molecule is CC1OCCC1C(=O)c1cc2c(cc1F)NC(=O)CC2. The summed E-state index contributed by atoms with van der Waals surface area (Å²) >= 11 is 0. The molecule has 0 spiro atoms. The van der Waals surface area contributed by atoms with E-state index in [2.05, 4.69) is 5.32 Å². The zero-order valence-corrected chi connectivity index (χ0v) is 11.2. The maximum absolute atomic E-state index is 14.1. The Morgan fingerprint density at radius 1 is 1.40 bits per heavy atom. The Hall–Kier alpha value is -1.75. The van der Waals surface area contributed by atoms with Gasteiger partial charge in [0.2, 0.25) is 5.91 Å². The molecule has 1 aromatic rings. The van der Waals surface area contributed by atoms with Gasteiger partial charge < -0.3 is 10.1 Å². The lowest BCUT2D eigenvalue weighted by Crippen LogP contribution is -2.24. The monoisotopic (exact) mass is 277 g/mol. The van der Waals surface area contributed by atoms with Crippen molar-refractivity contribution in [1.29, 1.82) is 0 Å². The number of benzene rings is 1. The van der Waals surface area contributed by atoms with Crippen molar-refractivity contribution >= 4 is 17.4 Å². The molecule has 1 amide bonds. The van der Waals surface area contributed by atoms with Crippen LogP contribution in [0.2, 0.25) is 0 Å². The van der Waals surface area contributed by atoms with E-state index in [0.29, 0.717) is 31.6 Å². The molecule has 4 nitrogen and oxygen atoms in total. The Labute approximate surface area is 116 Å². The van der Waals surface area contributed by atoms with Gasteiger partial charge >= 0.3 is 0 Å². The van der Waals surface area contributed by atoms with Crippen molar-refractivity contribution < 1.29 is 18.7 Å². The molecule has 1 fully saturated rings. The fraction of sp³-hybridized carbons (Fsp3) is 0.467. The second-order valence-electron chi connectivity index (χ2n) is 5.37. The van der Waals surface area contributed by atoms with Crippen LogP contribution in [-0.2, 0) is 16.0 Å². The number of rotatable bonds is 2. The summed E-state index contributed by atoms with van der Waals surface area (Å²) in [5, 5.41) is 2.63. The molecule has 0 bridgehead atoms. The van der Waals surface area contributed by atoms with Crippen molar-refractivity contribution in [2.45, 2.75) is 32.3 Å². The molecule has 0 aromatic heterocycles. The number of carbonyl (C=O) groups is 2. The molecule has 5 heteroatoms. The highest BCUT2D eigenvalue weighted by Crippen LogP contribution is 2.30. The normalized spacial score (nSPS) is 25.2. The fourth-order valence-electron chi connectivity index (χ4n) is 2.87. The highest BCUT2D eigenvalue weighted by molar-refractivity contribution is 6.00. The molecule has 1 aromatic carbocycles. The van der Waals surface area contributed by atoms with E-state index in [9.17, 15) is 14.0 Å². The van der Waals surface area contributed by atoms with Crippen LogP contribution in [0.5, 0.6) is 0 Å². The molecular formula is C15H16FNO3. The standard InChI is InChI=1S/C15H16FNO3/c1-8-10(4-5-20-8)15(19)11-6-9-2-3-14(18)17-13(9)7-12(11)16/h6-8,10H,2-5H2,1H3,(H,17,18). The highest BCUT2D eigenvalue weighted by atomic mass is 19.1. The number of ketones is 1. The van der Waals surface area contributed by atoms with Crippen LogP contribution >= 0.6 is 0 Å². The van der Waals surface area contributed by atoms with Crippen LogP contribution in [-0.4, -0.2) is 24.4 Å². The Bertz CT molecular complexity index is 585. The molecule has 2 unspecified atom stereocenters. The van der Waals surface area contributed by atoms with E-state index >= 15 is 0 Å². The van der Waals surface area contributed by atoms with Crippen molar-refractivity contribution in [2.75, 3.05) is 11.9 Å². The highest BCUT2D eigenvalue weighted by Gasteiger charge is 2.33. The molecule has 1 saturated heterocycles. The second-order valence-corrected chi connectivity index (χ2v) is 5.37. The minimum Gasteiger partial charge on any atom is -0.378 e. The van der Waals surface area contributed by atoms with Gasteiger partial charge in [0.25, 0.3) is 0 Å². The molecular weight excluding hydrogens is 261 g/mol. The number of aryl methyl sites for hydroxylation is 1. The molecule has 20 heavy (non-hydrogen) atoms. The van der Waals surface area contributed by atoms with Crippen molar-refractivity contribution in [3.63, 3.8) is 0 Å². The zero-order valence-electron chi connectivity index (χ0n) is 11.2. The van der Waals surface area contributed by atoms with Crippen molar-refractivity contribution in [3.05, 3.63) is 29.1 Å². The van der Waals surface area contributed by atoms with Gasteiger partial charge in [-0.15, -0.1) is 0 Å². The maximum Gasteiger partial charge on any atom is 0.224 e. The molecule has 3 rings (SSSR count). The van der Waals surface area contributed by atoms with Crippen LogP contribution in [0.1, 0.15) is 35.7 Å². The Morgan fingerprint density at radius 3 is 2.90 bits per heavy atom. The van der Waals surface area contributed by atoms with Gasteiger partial charge in [0.15, 0.2) is 5.78 Å². The second kappa shape index (κ2) is 4.98. The van der Waals surface area contributed by atoms with Crippen molar-refractivity contribution in [2.24, 2.45) is 5.92 Å². The number of amides is 1. The first-order valence-electron chi connectivity index (χ1n) is 6.84. The predicted molar refractivity (Wildman–Crippen MR) is 71.2 cm³/mol. The fourth-order valence-corrected chi connectivity index (χ4v) is 2.87. The number of fused-ring (bicyclic) bond motifs is 1.